The molecule has 4 heteroatoms. The lowest BCUT2D eigenvalue weighted by Crippen LogP contribution is -2.10. The summed E-state index contributed by atoms with van der Waals surface area (Å²) >= 11 is 5.23. The van der Waals surface area contributed by atoms with Gasteiger partial charge in [-0.2, -0.15) is 0 Å². The Balaban J connectivity index is 2.36. The molecule has 100 valence electrons. The van der Waals surface area contributed by atoms with Crippen molar-refractivity contribution in [2.45, 2.75) is 0 Å². The number of aromatic amines is 1. The molecule has 1 aromatic heterocycles. The Morgan fingerprint density at radius 2 is 1.80 bits per heavy atom. The van der Waals surface area contributed by atoms with E-state index >= 15 is 0 Å². The molecular weight excluding hydrogens is 268 g/mol. The van der Waals surface area contributed by atoms with E-state index in [1.165, 1.54) is 0 Å². The largest absolute Gasteiger partial charge is 0.496 e. The number of hydrogen-bond donors (Lipinski definition) is 2. The highest BCUT2D eigenvalue weighted by Crippen LogP contribution is 2.35. The molecule has 1 heterocycles. The summed E-state index contributed by atoms with van der Waals surface area (Å²) in [6.07, 6.45) is 0. The summed E-state index contributed by atoms with van der Waals surface area (Å²) in [5.41, 5.74) is 9.65. The van der Waals surface area contributed by atoms with Crippen LogP contribution in [0.2, 0.25) is 0 Å². The van der Waals surface area contributed by atoms with Gasteiger partial charge in [0.15, 0.2) is 0 Å². The maximum absolute atomic E-state index is 5.92. The van der Waals surface area contributed by atoms with E-state index in [0.717, 1.165) is 33.5 Å². The molecule has 0 unspecified atom stereocenters. The van der Waals surface area contributed by atoms with Crippen LogP contribution in [-0.4, -0.2) is 17.1 Å². The lowest BCUT2D eigenvalue weighted by Gasteiger charge is -2.08. The molecule has 0 radical (unpaired) electrons. The zero-order chi connectivity index (χ0) is 14.1. The Morgan fingerprint density at radius 1 is 1.10 bits per heavy atom. The third kappa shape index (κ3) is 1.94. The summed E-state index contributed by atoms with van der Waals surface area (Å²) in [7, 11) is 1.65. The molecule has 2 aromatic carbocycles. The van der Waals surface area contributed by atoms with Gasteiger partial charge in [0, 0.05) is 22.0 Å². The van der Waals surface area contributed by atoms with Crippen molar-refractivity contribution < 1.29 is 4.74 Å². The average molecular weight is 282 g/mol. The molecule has 3 nitrogen and oxygen atoms in total. The second-order valence-electron chi connectivity index (χ2n) is 4.49. The Morgan fingerprint density at radius 3 is 2.55 bits per heavy atom. The van der Waals surface area contributed by atoms with Gasteiger partial charge in [-0.3, -0.25) is 0 Å². The van der Waals surface area contributed by atoms with Gasteiger partial charge in [-0.25, -0.2) is 0 Å². The van der Waals surface area contributed by atoms with E-state index in [9.17, 15) is 0 Å². The zero-order valence-electron chi connectivity index (χ0n) is 11.0. The monoisotopic (exact) mass is 282 g/mol. The first-order valence-electron chi connectivity index (χ1n) is 6.26. The van der Waals surface area contributed by atoms with Crippen LogP contribution in [0.4, 0.5) is 0 Å². The quantitative estimate of drug-likeness (QED) is 0.723. The van der Waals surface area contributed by atoms with Crippen LogP contribution in [0.15, 0.2) is 48.5 Å². The number of thiocarbonyl (C=S) groups is 1. The van der Waals surface area contributed by atoms with Crippen LogP contribution in [0.25, 0.3) is 22.2 Å². The van der Waals surface area contributed by atoms with E-state index < -0.39 is 0 Å². The van der Waals surface area contributed by atoms with Crippen LogP contribution in [0.5, 0.6) is 5.75 Å². The zero-order valence-corrected chi connectivity index (χ0v) is 11.8. The van der Waals surface area contributed by atoms with Gasteiger partial charge in [-0.15, -0.1) is 0 Å². The van der Waals surface area contributed by atoms with Crippen LogP contribution < -0.4 is 10.5 Å². The molecule has 0 aliphatic heterocycles. The van der Waals surface area contributed by atoms with E-state index in [-0.39, 0.29) is 0 Å². The number of rotatable bonds is 3. The summed E-state index contributed by atoms with van der Waals surface area (Å²) in [5.74, 6) is 0.788. The topological polar surface area (TPSA) is 51.0 Å². The minimum atomic E-state index is 0.378. The molecule has 0 atom stereocenters. The van der Waals surface area contributed by atoms with Crippen molar-refractivity contribution in [2.75, 3.05) is 7.11 Å². The molecule has 0 aliphatic carbocycles. The summed E-state index contributed by atoms with van der Waals surface area (Å²) in [6, 6.07) is 15.8. The molecule has 0 aliphatic rings. The lowest BCUT2D eigenvalue weighted by molar-refractivity contribution is 0.416. The minimum absolute atomic E-state index is 0.378. The molecular formula is C16H14N2OS. The van der Waals surface area contributed by atoms with Crippen molar-refractivity contribution >= 4 is 28.1 Å². The third-order valence-corrected chi connectivity index (χ3v) is 3.53. The van der Waals surface area contributed by atoms with Crippen molar-refractivity contribution in [2.24, 2.45) is 5.73 Å². The van der Waals surface area contributed by atoms with Crippen molar-refractivity contribution in [3.05, 3.63) is 54.1 Å². The smallest absolute Gasteiger partial charge is 0.128 e. The van der Waals surface area contributed by atoms with Crippen LogP contribution in [-0.2, 0) is 0 Å². The normalized spacial score (nSPS) is 10.7. The third-order valence-electron chi connectivity index (χ3n) is 3.33. The fourth-order valence-corrected chi connectivity index (χ4v) is 2.66. The van der Waals surface area contributed by atoms with Gasteiger partial charge in [0.25, 0.3) is 0 Å². The maximum Gasteiger partial charge on any atom is 0.128 e. The van der Waals surface area contributed by atoms with Crippen LogP contribution in [0.3, 0.4) is 0 Å². The molecule has 0 bridgehead atoms. The Bertz CT molecular complexity index is 792. The first-order valence-corrected chi connectivity index (χ1v) is 6.67. The Kier molecular flexibility index (Phi) is 3.16. The minimum Gasteiger partial charge on any atom is -0.496 e. The lowest BCUT2D eigenvalue weighted by atomic mass is 10.0. The maximum atomic E-state index is 5.92. The number of ether oxygens (including phenoxy) is 1. The van der Waals surface area contributed by atoms with Gasteiger partial charge in [-0.1, -0.05) is 42.5 Å². The summed E-state index contributed by atoms with van der Waals surface area (Å²) in [4.78, 5) is 3.77. The van der Waals surface area contributed by atoms with Crippen LogP contribution in [0, 0.1) is 0 Å². The van der Waals surface area contributed by atoms with Gasteiger partial charge in [0.05, 0.1) is 12.8 Å². The highest BCUT2D eigenvalue weighted by Gasteiger charge is 2.17. The van der Waals surface area contributed by atoms with Gasteiger partial charge < -0.3 is 15.5 Å². The number of nitrogens with one attached hydrogen (secondary N) is 1. The first-order chi connectivity index (χ1) is 9.72. The summed E-state index contributed by atoms with van der Waals surface area (Å²) in [5, 5.41) is 1.03. The summed E-state index contributed by atoms with van der Waals surface area (Å²) in [6.45, 7) is 0. The SMILES string of the molecule is COc1ccccc1-c1[nH]c2ccccc2c1C(N)=S. The standard InChI is InChI=1S/C16H14N2OS/c1-19-13-9-5-3-7-11(13)15-14(16(17)20)10-6-2-4-8-12(10)18-15/h2-9,18H,1H3,(H2,17,20). The number of hydrogen-bond acceptors (Lipinski definition) is 2. The second-order valence-corrected chi connectivity index (χ2v) is 4.92. The number of methoxy groups -OCH3 is 1. The van der Waals surface area contributed by atoms with Crippen molar-refractivity contribution in [1.82, 2.24) is 4.98 Å². The predicted molar refractivity (Wildman–Crippen MR) is 86.2 cm³/mol. The summed E-state index contributed by atoms with van der Waals surface area (Å²) < 4.78 is 5.43. The van der Waals surface area contributed by atoms with Gasteiger partial charge in [0.2, 0.25) is 0 Å². The van der Waals surface area contributed by atoms with E-state index in [2.05, 4.69) is 4.98 Å². The number of nitrogens with two attached hydrogens (primary N) is 1. The van der Waals surface area contributed by atoms with Crippen LogP contribution >= 0.6 is 12.2 Å². The fourth-order valence-electron chi connectivity index (χ4n) is 2.45. The van der Waals surface area contributed by atoms with Gasteiger partial charge >= 0.3 is 0 Å². The van der Waals surface area contributed by atoms with Gasteiger partial charge in [0.1, 0.15) is 10.7 Å². The molecule has 0 fully saturated rings. The first kappa shape index (κ1) is 12.7. The number of H-pyrrole nitrogens is 1. The molecule has 3 aromatic rings. The fraction of sp³-hybridized carbons (Fsp3) is 0.0625. The Hall–Kier alpha value is -2.33. The molecule has 20 heavy (non-hydrogen) atoms. The molecule has 3 N–H and O–H groups in total. The van der Waals surface area contributed by atoms with E-state index in [1.54, 1.807) is 7.11 Å². The van der Waals surface area contributed by atoms with E-state index in [0.29, 0.717) is 4.99 Å². The van der Waals surface area contributed by atoms with E-state index in [4.69, 9.17) is 22.7 Å². The van der Waals surface area contributed by atoms with Crippen molar-refractivity contribution in [1.29, 1.82) is 0 Å². The highest BCUT2D eigenvalue weighted by atomic mass is 32.1. The number of aromatic nitrogens is 1. The average Bonchev–Trinajstić information content (AvgIpc) is 2.86. The number of benzene rings is 2. The molecule has 0 saturated heterocycles. The Labute approximate surface area is 122 Å². The van der Waals surface area contributed by atoms with Crippen molar-refractivity contribution in [3.63, 3.8) is 0 Å². The molecule has 0 saturated carbocycles. The molecule has 0 spiro atoms. The highest BCUT2D eigenvalue weighted by molar-refractivity contribution is 7.80. The molecule has 0 amide bonds. The number of fused-ring (bicyclic) bond motifs is 1. The van der Waals surface area contributed by atoms with Crippen LogP contribution in [0.1, 0.15) is 5.56 Å². The van der Waals surface area contributed by atoms with Gasteiger partial charge in [-0.05, 0) is 18.2 Å². The predicted octanol–water partition coefficient (Wildman–Crippen LogP) is 3.48. The van der Waals surface area contributed by atoms with Crippen molar-refractivity contribution in [3.8, 4) is 17.0 Å². The number of para-hydroxylation sites is 2. The molecule has 3 rings (SSSR count). The second kappa shape index (κ2) is 4.98. The van der Waals surface area contributed by atoms with E-state index in [1.807, 2.05) is 48.5 Å².